The molecule has 178 valence electrons. The number of aryl methyl sites for hydroxylation is 1. The molecule has 2 aliphatic rings. The van der Waals surface area contributed by atoms with Crippen LogP contribution in [0, 0.1) is 18.8 Å². The highest BCUT2D eigenvalue weighted by Crippen LogP contribution is 2.20. The lowest BCUT2D eigenvalue weighted by molar-refractivity contribution is -0.135. The molecule has 1 unspecified atom stereocenters. The Kier molecular flexibility index (Phi) is 6.47. The molecule has 35 heavy (non-hydrogen) atoms. The zero-order chi connectivity index (χ0) is 24.4. The molecule has 1 N–H and O–H groups in total. The van der Waals surface area contributed by atoms with Gasteiger partial charge < -0.3 is 0 Å². The summed E-state index contributed by atoms with van der Waals surface area (Å²) in [5.41, 5.74) is 3.16. The predicted molar refractivity (Wildman–Crippen MR) is 134 cm³/mol. The average Bonchev–Trinajstić information content (AvgIpc) is 2.86. The monoisotopic (exact) mass is 468 g/mol. The number of aromatic nitrogens is 2. The Balaban J connectivity index is 1.39. The van der Waals surface area contributed by atoms with E-state index in [1.807, 2.05) is 18.2 Å². The first-order valence-electron chi connectivity index (χ1n) is 12.2. The van der Waals surface area contributed by atoms with Crippen LogP contribution in [0.3, 0.4) is 0 Å². The minimum absolute atomic E-state index is 0.197. The quantitative estimate of drug-likeness (QED) is 0.472. The Morgan fingerprint density at radius 1 is 0.971 bits per heavy atom. The van der Waals surface area contributed by atoms with Gasteiger partial charge in [-0.25, -0.2) is 4.98 Å². The Morgan fingerprint density at radius 3 is 2.43 bits per heavy atom. The van der Waals surface area contributed by atoms with Crippen molar-refractivity contribution in [3.05, 3.63) is 75.3 Å². The van der Waals surface area contributed by atoms with Crippen molar-refractivity contribution in [2.75, 3.05) is 13.1 Å². The lowest BCUT2D eigenvalue weighted by Crippen LogP contribution is -2.45. The standard InChI is InChI=1S/C28H28N4O3/c1-19-29-24-12-11-21(17-23(24)28(35)32(19)25-13-14-26(33)30-27(25)34)8-5-20-6-9-22(10-7-20)18-31-15-3-2-4-16-31/h6-7,9-12,17,25H,2-4,13-16,18H2,1H3,(H,30,33,34). The number of piperidine rings is 2. The fourth-order valence-corrected chi connectivity index (χ4v) is 4.90. The molecule has 0 saturated carbocycles. The minimum Gasteiger partial charge on any atom is -0.299 e. The van der Waals surface area contributed by atoms with E-state index in [0.717, 1.165) is 12.1 Å². The zero-order valence-corrected chi connectivity index (χ0v) is 19.8. The molecular formula is C28H28N4O3. The van der Waals surface area contributed by atoms with E-state index in [4.69, 9.17) is 0 Å². The smallest absolute Gasteiger partial charge is 0.262 e. The molecule has 3 aromatic rings. The van der Waals surface area contributed by atoms with E-state index in [1.54, 1.807) is 19.1 Å². The highest BCUT2D eigenvalue weighted by Gasteiger charge is 2.30. The van der Waals surface area contributed by atoms with Gasteiger partial charge in [0.25, 0.3) is 5.56 Å². The molecule has 0 radical (unpaired) electrons. The molecule has 0 spiro atoms. The summed E-state index contributed by atoms with van der Waals surface area (Å²) < 4.78 is 1.39. The van der Waals surface area contributed by atoms with Crippen molar-refractivity contribution in [1.29, 1.82) is 0 Å². The second-order valence-corrected chi connectivity index (χ2v) is 9.32. The van der Waals surface area contributed by atoms with Crippen molar-refractivity contribution < 1.29 is 9.59 Å². The highest BCUT2D eigenvalue weighted by molar-refractivity contribution is 5.99. The number of likely N-dealkylation sites (tertiary alicyclic amines) is 1. The molecule has 1 aromatic heterocycles. The number of nitrogens with zero attached hydrogens (tertiary/aromatic N) is 3. The van der Waals surface area contributed by atoms with E-state index >= 15 is 0 Å². The normalized spacial score (nSPS) is 18.7. The van der Waals surface area contributed by atoms with E-state index in [-0.39, 0.29) is 24.3 Å². The number of carbonyl (C=O) groups is 2. The summed E-state index contributed by atoms with van der Waals surface area (Å²) in [5, 5.41) is 2.72. The maximum Gasteiger partial charge on any atom is 0.262 e. The topological polar surface area (TPSA) is 84.3 Å². The summed E-state index contributed by atoms with van der Waals surface area (Å²) in [4.78, 5) is 44.2. The summed E-state index contributed by atoms with van der Waals surface area (Å²) >= 11 is 0. The van der Waals surface area contributed by atoms with Gasteiger partial charge in [-0.2, -0.15) is 0 Å². The number of benzene rings is 2. The maximum absolute atomic E-state index is 13.3. The molecule has 0 aliphatic carbocycles. The van der Waals surface area contributed by atoms with Crippen LogP contribution in [0.1, 0.15) is 60.7 Å². The second kappa shape index (κ2) is 9.85. The van der Waals surface area contributed by atoms with Gasteiger partial charge in [0.2, 0.25) is 11.8 Å². The van der Waals surface area contributed by atoms with Crippen LogP contribution in [0.5, 0.6) is 0 Å². The van der Waals surface area contributed by atoms with Crippen molar-refractivity contribution in [3.63, 3.8) is 0 Å². The SMILES string of the molecule is Cc1nc2ccc(C#Cc3ccc(CN4CCCCC4)cc3)cc2c(=O)n1C1CCC(=O)NC1=O. The molecule has 7 nitrogen and oxygen atoms in total. The number of nitrogens with one attached hydrogen (secondary N) is 1. The van der Waals surface area contributed by atoms with Gasteiger partial charge in [0, 0.05) is 24.1 Å². The Bertz CT molecular complexity index is 1410. The van der Waals surface area contributed by atoms with E-state index in [0.29, 0.717) is 22.3 Å². The maximum atomic E-state index is 13.3. The number of carbonyl (C=O) groups excluding carboxylic acids is 2. The summed E-state index contributed by atoms with van der Waals surface area (Å²) in [6.07, 6.45) is 4.38. The molecule has 2 fully saturated rings. The van der Waals surface area contributed by atoms with Gasteiger partial charge in [0.05, 0.1) is 10.9 Å². The number of hydrogen-bond donors (Lipinski definition) is 1. The third-order valence-corrected chi connectivity index (χ3v) is 6.76. The third kappa shape index (κ3) is 5.03. The van der Waals surface area contributed by atoms with Crippen LogP contribution in [0.25, 0.3) is 10.9 Å². The third-order valence-electron chi connectivity index (χ3n) is 6.76. The van der Waals surface area contributed by atoms with E-state index in [1.165, 1.54) is 42.5 Å². The molecular weight excluding hydrogens is 440 g/mol. The van der Waals surface area contributed by atoms with Crippen LogP contribution < -0.4 is 10.9 Å². The molecule has 2 amide bonds. The summed E-state index contributed by atoms with van der Waals surface area (Å²) in [5.74, 6) is 5.99. The van der Waals surface area contributed by atoms with Crippen molar-refractivity contribution in [3.8, 4) is 11.8 Å². The van der Waals surface area contributed by atoms with Gasteiger partial charge in [-0.1, -0.05) is 30.4 Å². The molecule has 1 atom stereocenters. The molecule has 3 heterocycles. The number of imide groups is 1. The van der Waals surface area contributed by atoms with Gasteiger partial charge in [-0.3, -0.25) is 29.2 Å². The fraction of sp³-hybridized carbons (Fsp3) is 0.357. The van der Waals surface area contributed by atoms with Crippen molar-refractivity contribution >= 4 is 22.7 Å². The fourth-order valence-electron chi connectivity index (χ4n) is 4.90. The van der Waals surface area contributed by atoms with Gasteiger partial charge in [-0.15, -0.1) is 0 Å². The lowest BCUT2D eigenvalue weighted by Gasteiger charge is -2.26. The van der Waals surface area contributed by atoms with E-state index < -0.39 is 11.9 Å². The summed E-state index contributed by atoms with van der Waals surface area (Å²) in [6, 6.07) is 12.9. The molecule has 2 aliphatic heterocycles. The van der Waals surface area contributed by atoms with Crippen molar-refractivity contribution in [2.45, 2.75) is 51.6 Å². The van der Waals surface area contributed by atoms with E-state index in [2.05, 4.69) is 39.2 Å². The average molecular weight is 469 g/mol. The van der Waals surface area contributed by atoms with Gasteiger partial charge in [0.15, 0.2) is 0 Å². The molecule has 2 saturated heterocycles. The first-order chi connectivity index (χ1) is 17.0. The number of fused-ring (bicyclic) bond motifs is 1. The first-order valence-corrected chi connectivity index (χ1v) is 12.2. The highest BCUT2D eigenvalue weighted by atomic mass is 16.2. The van der Waals surface area contributed by atoms with Crippen LogP contribution in [0.2, 0.25) is 0 Å². The number of hydrogen-bond acceptors (Lipinski definition) is 5. The summed E-state index contributed by atoms with van der Waals surface area (Å²) in [6.45, 7) is 5.02. The Labute approximate surface area is 204 Å². The van der Waals surface area contributed by atoms with Crippen molar-refractivity contribution in [2.24, 2.45) is 0 Å². The number of amides is 2. The lowest BCUT2D eigenvalue weighted by atomic mass is 10.0. The van der Waals surface area contributed by atoms with Gasteiger partial charge in [0.1, 0.15) is 11.9 Å². The zero-order valence-electron chi connectivity index (χ0n) is 19.8. The largest absolute Gasteiger partial charge is 0.299 e. The number of rotatable bonds is 3. The molecule has 7 heteroatoms. The predicted octanol–water partition coefficient (Wildman–Crippen LogP) is 3.07. The van der Waals surface area contributed by atoms with Crippen LogP contribution >= 0.6 is 0 Å². The van der Waals surface area contributed by atoms with Crippen molar-refractivity contribution in [1.82, 2.24) is 19.8 Å². The Hall–Kier alpha value is -3.76. The van der Waals surface area contributed by atoms with Crippen LogP contribution in [0.4, 0.5) is 0 Å². The molecule has 5 rings (SSSR count). The molecule has 2 aromatic carbocycles. The minimum atomic E-state index is -0.740. The van der Waals surface area contributed by atoms with Gasteiger partial charge >= 0.3 is 0 Å². The second-order valence-electron chi connectivity index (χ2n) is 9.32. The first kappa shape index (κ1) is 23.0. The Morgan fingerprint density at radius 2 is 1.69 bits per heavy atom. The van der Waals surface area contributed by atoms with Crippen LogP contribution in [-0.2, 0) is 16.1 Å². The molecule has 0 bridgehead atoms. The van der Waals surface area contributed by atoms with Gasteiger partial charge in [-0.05, 0) is 75.2 Å². The van der Waals surface area contributed by atoms with Crippen LogP contribution in [-0.4, -0.2) is 39.4 Å². The van der Waals surface area contributed by atoms with Crippen LogP contribution in [0.15, 0.2) is 47.3 Å². The summed E-state index contributed by atoms with van der Waals surface area (Å²) in [7, 11) is 0. The van der Waals surface area contributed by atoms with E-state index in [9.17, 15) is 14.4 Å².